The molecule has 0 bridgehead atoms. The van der Waals surface area contributed by atoms with Crippen LogP contribution in [0, 0.1) is 13.8 Å². The van der Waals surface area contributed by atoms with Gasteiger partial charge in [-0.05, 0) is 86.1 Å². The first-order valence-electron chi connectivity index (χ1n) is 10.8. The van der Waals surface area contributed by atoms with E-state index in [1.807, 2.05) is 43.5 Å². The van der Waals surface area contributed by atoms with Crippen LogP contribution in [0.4, 0.5) is 5.69 Å². The van der Waals surface area contributed by atoms with Crippen LogP contribution in [0.2, 0.25) is 5.02 Å². The second-order valence-corrected chi connectivity index (χ2v) is 8.89. The monoisotopic (exact) mass is 506 g/mol. The van der Waals surface area contributed by atoms with Crippen molar-refractivity contribution in [3.8, 4) is 5.69 Å². The number of halogens is 1. The number of aromatic carboxylic acids is 1. The summed E-state index contributed by atoms with van der Waals surface area (Å²) in [5, 5.41) is 14.1. The summed E-state index contributed by atoms with van der Waals surface area (Å²) in [5.74, 6) is -2.50. The van der Waals surface area contributed by atoms with E-state index in [4.69, 9.17) is 23.8 Å². The van der Waals surface area contributed by atoms with Crippen LogP contribution in [0.1, 0.15) is 39.8 Å². The van der Waals surface area contributed by atoms with E-state index in [-0.39, 0.29) is 21.3 Å². The molecule has 0 spiro atoms. The molecule has 2 aromatic carbocycles. The number of carbonyl (C=O) groups is 3. The molecule has 0 unspecified atom stereocenters. The second-order valence-electron chi connectivity index (χ2n) is 8.09. The number of thiocarbonyl (C=S) groups is 1. The molecule has 1 aromatic heterocycles. The summed E-state index contributed by atoms with van der Waals surface area (Å²) in [6.45, 7) is 5.68. The smallest absolute Gasteiger partial charge is 0.270 e. The number of rotatable bonds is 5. The first-order valence-corrected chi connectivity index (χ1v) is 11.6. The SMILES string of the molecule is CCc1ccc(N2C(=O)/C(=C/c3cc(C)n(-c4ccc(Cl)c(C(=O)[O-])c4)c3C)C(=O)NC2=S)cc1. The number of aryl methyl sites for hydroxylation is 2. The van der Waals surface area contributed by atoms with Gasteiger partial charge in [-0.15, -0.1) is 0 Å². The van der Waals surface area contributed by atoms with Crippen LogP contribution in [-0.2, 0) is 16.0 Å². The molecule has 1 aliphatic heterocycles. The van der Waals surface area contributed by atoms with Crippen LogP contribution >= 0.6 is 23.8 Å². The summed E-state index contributed by atoms with van der Waals surface area (Å²) in [7, 11) is 0. The molecule has 178 valence electrons. The van der Waals surface area contributed by atoms with Gasteiger partial charge in [0.1, 0.15) is 5.57 Å². The fraction of sp³-hybridized carbons (Fsp3) is 0.154. The van der Waals surface area contributed by atoms with E-state index in [9.17, 15) is 19.5 Å². The second kappa shape index (κ2) is 9.48. The van der Waals surface area contributed by atoms with Crippen molar-refractivity contribution in [2.75, 3.05) is 4.90 Å². The molecule has 0 aliphatic carbocycles. The molecule has 0 saturated carbocycles. The van der Waals surface area contributed by atoms with E-state index in [1.165, 1.54) is 23.1 Å². The largest absolute Gasteiger partial charge is 0.545 e. The molecule has 0 radical (unpaired) electrons. The van der Waals surface area contributed by atoms with Crippen molar-refractivity contribution in [2.45, 2.75) is 27.2 Å². The highest BCUT2D eigenvalue weighted by atomic mass is 35.5. The lowest BCUT2D eigenvalue weighted by Gasteiger charge is -2.29. The van der Waals surface area contributed by atoms with Crippen molar-refractivity contribution in [1.82, 2.24) is 9.88 Å². The molecule has 1 N–H and O–H groups in total. The Morgan fingerprint density at radius 2 is 1.74 bits per heavy atom. The number of benzene rings is 2. The predicted octanol–water partition coefficient (Wildman–Crippen LogP) is 3.50. The van der Waals surface area contributed by atoms with Crippen molar-refractivity contribution in [3.05, 3.63) is 87.2 Å². The third-order valence-corrected chi connectivity index (χ3v) is 6.52. The average molecular weight is 507 g/mol. The van der Waals surface area contributed by atoms with E-state index in [0.29, 0.717) is 22.6 Å². The summed E-state index contributed by atoms with van der Waals surface area (Å²) < 4.78 is 1.81. The highest BCUT2D eigenvalue weighted by molar-refractivity contribution is 7.80. The maximum absolute atomic E-state index is 13.4. The third kappa shape index (κ3) is 4.50. The summed E-state index contributed by atoms with van der Waals surface area (Å²) >= 11 is 11.3. The first kappa shape index (κ1) is 24.4. The van der Waals surface area contributed by atoms with E-state index in [2.05, 4.69) is 5.32 Å². The molecule has 0 atom stereocenters. The molecular formula is C26H21ClN3O4S-. The fourth-order valence-electron chi connectivity index (χ4n) is 4.07. The van der Waals surface area contributed by atoms with E-state index in [1.54, 1.807) is 18.2 Å². The highest BCUT2D eigenvalue weighted by Gasteiger charge is 2.34. The van der Waals surface area contributed by atoms with E-state index < -0.39 is 17.8 Å². The van der Waals surface area contributed by atoms with Gasteiger partial charge in [-0.1, -0.05) is 30.7 Å². The summed E-state index contributed by atoms with van der Waals surface area (Å²) in [6, 6.07) is 13.8. The fourth-order valence-corrected chi connectivity index (χ4v) is 4.54. The lowest BCUT2D eigenvalue weighted by molar-refractivity contribution is -0.255. The molecule has 35 heavy (non-hydrogen) atoms. The van der Waals surface area contributed by atoms with Crippen molar-refractivity contribution < 1.29 is 19.5 Å². The Morgan fingerprint density at radius 1 is 1.09 bits per heavy atom. The third-order valence-electron chi connectivity index (χ3n) is 5.90. The number of nitrogens with zero attached hydrogens (tertiary/aromatic N) is 2. The van der Waals surface area contributed by atoms with Crippen molar-refractivity contribution in [3.63, 3.8) is 0 Å². The zero-order valence-corrected chi connectivity index (χ0v) is 20.8. The summed E-state index contributed by atoms with van der Waals surface area (Å²) in [5.41, 5.74) is 4.14. The summed E-state index contributed by atoms with van der Waals surface area (Å²) in [4.78, 5) is 38.8. The maximum atomic E-state index is 13.4. The van der Waals surface area contributed by atoms with Crippen molar-refractivity contribution >= 4 is 58.5 Å². The number of aromatic nitrogens is 1. The van der Waals surface area contributed by atoms with Gasteiger partial charge < -0.3 is 14.5 Å². The minimum Gasteiger partial charge on any atom is -0.545 e. The van der Waals surface area contributed by atoms with Crippen LogP contribution in [0.3, 0.4) is 0 Å². The quantitative estimate of drug-likeness (QED) is 0.325. The van der Waals surface area contributed by atoms with E-state index >= 15 is 0 Å². The normalized spacial score (nSPS) is 15.0. The van der Waals surface area contributed by atoms with Crippen LogP contribution in [0.15, 0.2) is 54.1 Å². The number of nitrogens with one attached hydrogen (secondary N) is 1. The minimum atomic E-state index is -1.38. The molecule has 7 nitrogen and oxygen atoms in total. The number of hydrogen-bond donors (Lipinski definition) is 1. The molecule has 1 aliphatic rings. The molecule has 9 heteroatoms. The lowest BCUT2D eigenvalue weighted by atomic mass is 10.1. The van der Waals surface area contributed by atoms with Gasteiger partial charge in [-0.25, -0.2) is 0 Å². The molecule has 4 rings (SSSR count). The predicted molar refractivity (Wildman–Crippen MR) is 137 cm³/mol. The van der Waals surface area contributed by atoms with Gasteiger partial charge in [0.2, 0.25) is 0 Å². The molecule has 3 aromatic rings. The molecule has 2 heterocycles. The lowest BCUT2D eigenvalue weighted by Crippen LogP contribution is -2.54. The van der Waals surface area contributed by atoms with Gasteiger partial charge in [0.25, 0.3) is 11.8 Å². The van der Waals surface area contributed by atoms with E-state index in [0.717, 1.165) is 17.7 Å². The number of carbonyl (C=O) groups excluding carboxylic acids is 3. The Balaban J connectivity index is 1.75. The van der Waals surface area contributed by atoms with Crippen LogP contribution in [-0.4, -0.2) is 27.5 Å². The number of hydrogen-bond acceptors (Lipinski definition) is 5. The minimum absolute atomic E-state index is 0.0165. The Bertz CT molecular complexity index is 1420. The van der Waals surface area contributed by atoms with Crippen molar-refractivity contribution in [1.29, 1.82) is 0 Å². The Labute approximate surface area is 212 Å². The Morgan fingerprint density at radius 3 is 2.37 bits per heavy atom. The molecule has 1 saturated heterocycles. The molecule has 2 amide bonds. The molecular weight excluding hydrogens is 486 g/mol. The van der Waals surface area contributed by atoms with Gasteiger partial charge in [-0.3, -0.25) is 19.8 Å². The zero-order valence-electron chi connectivity index (χ0n) is 19.2. The van der Waals surface area contributed by atoms with Crippen LogP contribution in [0.25, 0.3) is 11.8 Å². The number of anilines is 1. The van der Waals surface area contributed by atoms with Crippen molar-refractivity contribution in [2.24, 2.45) is 0 Å². The van der Waals surface area contributed by atoms with Gasteiger partial charge in [-0.2, -0.15) is 0 Å². The standard InChI is InChI=1S/C26H22ClN3O4S/c1-4-16-5-7-18(8-6-16)30-24(32)21(23(31)28-26(30)35)12-17-11-14(2)29(15(17)3)19-9-10-22(27)20(13-19)25(33)34/h5-13H,4H2,1-3H3,(H,33,34)(H,28,31,35)/p-1/b21-12+. The average Bonchev–Trinajstić information content (AvgIpc) is 3.10. The first-order chi connectivity index (χ1) is 16.6. The zero-order chi connectivity index (χ0) is 25.4. The number of carboxylic acid groups (broad SMARTS) is 1. The number of amides is 2. The van der Waals surface area contributed by atoms with Gasteiger partial charge in [0.15, 0.2) is 5.11 Å². The molecule has 1 fully saturated rings. The maximum Gasteiger partial charge on any atom is 0.270 e. The topological polar surface area (TPSA) is 94.5 Å². The highest BCUT2D eigenvalue weighted by Crippen LogP contribution is 2.28. The Kier molecular flexibility index (Phi) is 6.60. The van der Waals surface area contributed by atoms with Gasteiger partial charge >= 0.3 is 0 Å². The summed E-state index contributed by atoms with van der Waals surface area (Å²) in [6.07, 6.45) is 2.37. The number of carboxylic acids is 1. The van der Waals surface area contributed by atoms with Gasteiger partial charge in [0, 0.05) is 27.7 Å². The Hall–Kier alpha value is -3.75. The van der Waals surface area contributed by atoms with Gasteiger partial charge in [0.05, 0.1) is 11.7 Å². The van der Waals surface area contributed by atoms with Crippen LogP contribution < -0.4 is 15.3 Å². The van der Waals surface area contributed by atoms with Crippen LogP contribution in [0.5, 0.6) is 0 Å².